The minimum Gasteiger partial charge on any atom is -0.232 e. The molecule has 76 valence electrons. The van der Waals surface area contributed by atoms with Gasteiger partial charge in [0.1, 0.15) is 12.2 Å². The quantitative estimate of drug-likeness (QED) is 0.371. The summed E-state index contributed by atoms with van der Waals surface area (Å²) in [7, 11) is 0. The fraction of sp³-hybridized carbons (Fsp3) is 0.818. The molecule has 2 heteroatoms. The lowest BCUT2D eigenvalue weighted by Gasteiger charge is -2.25. The molecule has 0 bridgehead atoms. The standard InChI is InChI=1S/C11H20O2/c1-4-11(7-5-6-8-11)13-12-9-10(2)3/h2,4-9H2,1,3H3. The summed E-state index contributed by atoms with van der Waals surface area (Å²) in [4.78, 5) is 10.7. The van der Waals surface area contributed by atoms with E-state index in [0.717, 1.165) is 24.8 Å². The average molecular weight is 184 g/mol. The predicted molar refractivity (Wildman–Crippen MR) is 53.3 cm³/mol. The molecule has 0 N–H and O–H groups in total. The molecule has 0 unspecified atom stereocenters. The molecule has 2 nitrogen and oxygen atoms in total. The molecule has 1 rings (SSSR count). The second-order valence-corrected chi connectivity index (χ2v) is 4.05. The molecule has 0 saturated heterocycles. The second-order valence-electron chi connectivity index (χ2n) is 4.05. The minimum atomic E-state index is 0.00938. The normalized spacial score (nSPS) is 20.5. The van der Waals surface area contributed by atoms with Crippen LogP contribution in [0, 0.1) is 0 Å². The molecule has 0 amide bonds. The lowest BCUT2D eigenvalue weighted by atomic mass is 10.00. The summed E-state index contributed by atoms with van der Waals surface area (Å²) in [6.45, 7) is 8.38. The van der Waals surface area contributed by atoms with Crippen molar-refractivity contribution in [1.82, 2.24) is 0 Å². The van der Waals surface area contributed by atoms with Crippen LogP contribution < -0.4 is 0 Å². The summed E-state index contributed by atoms with van der Waals surface area (Å²) in [6, 6.07) is 0. The second kappa shape index (κ2) is 4.77. The number of rotatable bonds is 5. The molecule has 0 atom stereocenters. The van der Waals surface area contributed by atoms with Crippen LogP contribution in [0.25, 0.3) is 0 Å². The van der Waals surface area contributed by atoms with Gasteiger partial charge >= 0.3 is 0 Å². The molecular formula is C11H20O2. The monoisotopic (exact) mass is 184 g/mol. The highest BCUT2D eigenvalue weighted by molar-refractivity contribution is 4.87. The first-order valence-corrected chi connectivity index (χ1v) is 5.13. The van der Waals surface area contributed by atoms with Crippen LogP contribution in [0.3, 0.4) is 0 Å². The Bertz CT molecular complexity index is 169. The zero-order valence-electron chi connectivity index (χ0n) is 8.77. The Kier molecular flexibility index (Phi) is 3.94. The minimum absolute atomic E-state index is 0.00938. The van der Waals surface area contributed by atoms with E-state index in [1.807, 2.05) is 6.92 Å². The molecule has 1 saturated carbocycles. The van der Waals surface area contributed by atoms with Crippen molar-refractivity contribution in [3.63, 3.8) is 0 Å². The van der Waals surface area contributed by atoms with Crippen LogP contribution in [0.2, 0.25) is 0 Å². The van der Waals surface area contributed by atoms with Crippen LogP contribution in [-0.2, 0) is 9.78 Å². The van der Waals surface area contributed by atoms with Gasteiger partial charge in [-0.15, -0.1) is 0 Å². The van der Waals surface area contributed by atoms with Gasteiger partial charge in [0.05, 0.1) is 0 Å². The van der Waals surface area contributed by atoms with Gasteiger partial charge < -0.3 is 0 Å². The van der Waals surface area contributed by atoms with Gasteiger partial charge in [-0.25, -0.2) is 9.78 Å². The van der Waals surface area contributed by atoms with Gasteiger partial charge in [-0.2, -0.15) is 0 Å². The molecule has 0 aromatic carbocycles. The maximum Gasteiger partial charge on any atom is 0.103 e. The van der Waals surface area contributed by atoms with Crippen molar-refractivity contribution >= 4 is 0 Å². The van der Waals surface area contributed by atoms with E-state index in [1.165, 1.54) is 12.8 Å². The summed E-state index contributed by atoms with van der Waals surface area (Å²) >= 11 is 0. The Balaban J connectivity index is 2.27. The Hall–Kier alpha value is -0.340. The molecule has 0 aliphatic heterocycles. The molecule has 1 aliphatic carbocycles. The highest BCUT2D eigenvalue weighted by Gasteiger charge is 2.34. The summed E-state index contributed by atoms with van der Waals surface area (Å²) < 4.78 is 0. The summed E-state index contributed by atoms with van der Waals surface area (Å²) in [5.41, 5.74) is 1.01. The smallest absolute Gasteiger partial charge is 0.103 e. The van der Waals surface area contributed by atoms with E-state index in [1.54, 1.807) is 0 Å². The first-order valence-electron chi connectivity index (χ1n) is 5.13. The Morgan fingerprint density at radius 1 is 1.38 bits per heavy atom. The fourth-order valence-electron chi connectivity index (χ4n) is 1.77. The van der Waals surface area contributed by atoms with Crippen LogP contribution in [0.15, 0.2) is 12.2 Å². The van der Waals surface area contributed by atoms with Gasteiger partial charge in [-0.3, -0.25) is 0 Å². The van der Waals surface area contributed by atoms with Crippen molar-refractivity contribution in [2.75, 3.05) is 6.61 Å². The summed E-state index contributed by atoms with van der Waals surface area (Å²) in [5, 5.41) is 0. The largest absolute Gasteiger partial charge is 0.232 e. The van der Waals surface area contributed by atoms with Crippen LogP contribution >= 0.6 is 0 Å². The van der Waals surface area contributed by atoms with Crippen molar-refractivity contribution < 1.29 is 9.78 Å². The summed E-state index contributed by atoms with van der Waals surface area (Å²) in [6.07, 6.45) is 5.86. The third kappa shape index (κ3) is 3.12. The van der Waals surface area contributed by atoms with Gasteiger partial charge in [0.15, 0.2) is 0 Å². The van der Waals surface area contributed by atoms with Crippen LogP contribution in [0.4, 0.5) is 0 Å². The van der Waals surface area contributed by atoms with Crippen molar-refractivity contribution in [2.45, 2.75) is 51.6 Å². The lowest BCUT2D eigenvalue weighted by molar-refractivity contribution is -0.356. The van der Waals surface area contributed by atoms with Crippen molar-refractivity contribution in [1.29, 1.82) is 0 Å². The van der Waals surface area contributed by atoms with E-state index in [4.69, 9.17) is 9.78 Å². The van der Waals surface area contributed by atoms with E-state index < -0.39 is 0 Å². The van der Waals surface area contributed by atoms with Gasteiger partial charge in [-0.05, 0) is 26.2 Å². The molecule has 13 heavy (non-hydrogen) atoms. The first-order chi connectivity index (χ1) is 6.18. The maximum atomic E-state index is 5.49. The lowest BCUT2D eigenvalue weighted by Crippen LogP contribution is -2.28. The molecule has 0 aromatic heterocycles. The summed E-state index contributed by atoms with van der Waals surface area (Å²) in [5.74, 6) is 0. The van der Waals surface area contributed by atoms with Crippen LogP contribution in [0.5, 0.6) is 0 Å². The van der Waals surface area contributed by atoms with E-state index in [0.29, 0.717) is 6.61 Å². The molecule has 1 fully saturated rings. The van der Waals surface area contributed by atoms with E-state index >= 15 is 0 Å². The number of hydrogen-bond acceptors (Lipinski definition) is 2. The van der Waals surface area contributed by atoms with Gasteiger partial charge in [0, 0.05) is 0 Å². The SMILES string of the molecule is C=C(C)COOC1(CC)CCCC1. The average Bonchev–Trinajstić information content (AvgIpc) is 2.53. The van der Waals surface area contributed by atoms with Gasteiger partial charge in [0.2, 0.25) is 0 Å². The molecule has 0 spiro atoms. The first kappa shape index (κ1) is 10.7. The van der Waals surface area contributed by atoms with Gasteiger partial charge in [0.25, 0.3) is 0 Å². The Morgan fingerprint density at radius 3 is 2.46 bits per heavy atom. The Morgan fingerprint density at radius 2 is 2.00 bits per heavy atom. The van der Waals surface area contributed by atoms with E-state index in [-0.39, 0.29) is 5.60 Å². The topological polar surface area (TPSA) is 18.5 Å². The van der Waals surface area contributed by atoms with Crippen LogP contribution in [0.1, 0.15) is 46.0 Å². The fourth-order valence-corrected chi connectivity index (χ4v) is 1.77. The highest BCUT2D eigenvalue weighted by Crippen LogP contribution is 2.35. The Labute approximate surface area is 80.8 Å². The van der Waals surface area contributed by atoms with Crippen molar-refractivity contribution in [3.05, 3.63) is 12.2 Å². The highest BCUT2D eigenvalue weighted by atomic mass is 17.2. The zero-order chi connectivity index (χ0) is 9.73. The molecule has 0 radical (unpaired) electrons. The number of hydrogen-bond donors (Lipinski definition) is 0. The third-order valence-corrected chi connectivity index (χ3v) is 2.70. The van der Waals surface area contributed by atoms with Crippen molar-refractivity contribution in [2.24, 2.45) is 0 Å². The zero-order valence-corrected chi connectivity index (χ0v) is 8.77. The van der Waals surface area contributed by atoms with Gasteiger partial charge in [-0.1, -0.05) is 31.9 Å². The van der Waals surface area contributed by atoms with E-state index in [9.17, 15) is 0 Å². The maximum absolute atomic E-state index is 5.49. The molecule has 1 aliphatic rings. The predicted octanol–water partition coefficient (Wildman–Crippen LogP) is 3.23. The van der Waals surface area contributed by atoms with Crippen molar-refractivity contribution in [3.8, 4) is 0 Å². The molecular weight excluding hydrogens is 164 g/mol. The third-order valence-electron chi connectivity index (χ3n) is 2.70. The van der Waals surface area contributed by atoms with E-state index in [2.05, 4.69) is 13.5 Å². The van der Waals surface area contributed by atoms with Crippen LogP contribution in [-0.4, -0.2) is 12.2 Å². The molecule has 0 aromatic rings. The molecule has 0 heterocycles.